The van der Waals surface area contributed by atoms with Crippen LogP contribution >= 0.6 is 0 Å². The number of hydrogen-bond acceptors (Lipinski definition) is 6. The number of fused-ring (bicyclic) bond motifs is 1. The SMILES string of the molecule is Nc1nn(Cc2ccc(Cn3ccccc3=O)cc2)cc1OC(=O)NCc1cccc2[nH]ncc12. The molecule has 0 aliphatic carbocycles. The molecular formula is C25H23N7O3. The summed E-state index contributed by atoms with van der Waals surface area (Å²) >= 11 is 0. The lowest BCUT2D eigenvalue weighted by Gasteiger charge is -2.07. The monoisotopic (exact) mass is 469 g/mol. The van der Waals surface area contributed by atoms with Crippen LogP contribution in [0.1, 0.15) is 16.7 Å². The van der Waals surface area contributed by atoms with Gasteiger partial charge in [-0.3, -0.25) is 14.6 Å². The number of nitrogens with one attached hydrogen (secondary N) is 2. The molecule has 0 aliphatic heterocycles. The zero-order valence-electron chi connectivity index (χ0n) is 18.7. The normalized spacial score (nSPS) is 11.0. The molecule has 0 saturated carbocycles. The molecule has 0 spiro atoms. The van der Waals surface area contributed by atoms with E-state index in [4.69, 9.17) is 10.5 Å². The quantitative estimate of drug-likeness (QED) is 0.336. The van der Waals surface area contributed by atoms with Crippen LogP contribution in [0.5, 0.6) is 5.75 Å². The van der Waals surface area contributed by atoms with Crippen LogP contribution in [0.3, 0.4) is 0 Å². The molecule has 5 rings (SSSR count). The van der Waals surface area contributed by atoms with E-state index in [0.717, 1.165) is 27.6 Å². The molecule has 5 aromatic rings. The fraction of sp³-hybridized carbons (Fsp3) is 0.120. The Balaban J connectivity index is 1.18. The number of nitrogens with two attached hydrogens (primary N) is 1. The summed E-state index contributed by atoms with van der Waals surface area (Å²) in [5.74, 6) is 0.307. The van der Waals surface area contributed by atoms with Gasteiger partial charge in [0.25, 0.3) is 5.56 Å². The third kappa shape index (κ3) is 5.06. The van der Waals surface area contributed by atoms with Gasteiger partial charge in [-0.05, 0) is 28.8 Å². The molecule has 176 valence electrons. The van der Waals surface area contributed by atoms with Crippen molar-refractivity contribution in [2.45, 2.75) is 19.6 Å². The number of carbonyl (C=O) groups excluding carboxylic acids is 1. The molecule has 0 saturated heterocycles. The second-order valence-electron chi connectivity index (χ2n) is 8.05. The smallest absolute Gasteiger partial charge is 0.405 e. The van der Waals surface area contributed by atoms with Gasteiger partial charge in [0.15, 0.2) is 11.6 Å². The summed E-state index contributed by atoms with van der Waals surface area (Å²) in [5, 5.41) is 14.8. The fourth-order valence-corrected chi connectivity index (χ4v) is 3.79. The molecule has 10 heteroatoms. The van der Waals surface area contributed by atoms with E-state index in [0.29, 0.717) is 13.1 Å². The van der Waals surface area contributed by atoms with Gasteiger partial charge in [-0.25, -0.2) is 4.79 Å². The predicted molar refractivity (Wildman–Crippen MR) is 131 cm³/mol. The van der Waals surface area contributed by atoms with Crippen LogP contribution in [-0.4, -0.2) is 30.6 Å². The van der Waals surface area contributed by atoms with Crippen molar-refractivity contribution < 1.29 is 9.53 Å². The number of ether oxygens (including phenoxy) is 1. The second-order valence-corrected chi connectivity index (χ2v) is 8.05. The number of aromatic nitrogens is 5. The number of rotatable bonds is 7. The van der Waals surface area contributed by atoms with E-state index in [2.05, 4.69) is 20.6 Å². The highest BCUT2D eigenvalue weighted by Gasteiger charge is 2.13. The topological polar surface area (TPSA) is 133 Å². The van der Waals surface area contributed by atoms with Crippen LogP contribution in [0.2, 0.25) is 0 Å². The van der Waals surface area contributed by atoms with E-state index in [-0.39, 0.29) is 23.7 Å². The summed E-state index contributed by atoms with van der Waals surface area (Å²) in [6, 6.07) is 18.7. The lowest BCUT2D eigenvalue weighted by molar-refractivity contribution is 0.200. The first kappa shape index (κ1) is 22.0. The number of pyridine rings is 1. The largest absolute Gasteiger partial charge is 0.413 e. The van der Waals surface area contributed by atoms with E-state index in [1.165, 1.54) is 6.07 Å². The number of benzene rings is 2. The highest BCUT2D eigenvalue weighted by molar-refractivity contribution is 5.82. The first-order valence-corrected chi connectivity index (χ1v) is 11.0. The Kier molecular flexibility index (Phi) is 6.00. The van der Waals surface area contributed by atoms with Gasteiger partial charge in [0, 0.05) is 24.2 Å². The average molecular weight is 470 g/mol. The van der Waals surface area contributed by atoms with E-state index in [1.54, 1.807) is 33.9 Å². The molecule has 3 heterocycles. The molecule has 0 aliphatic rings. The molecule has 3 aromatic heterocycles. The van der Waals surface area contributed by atoms with Crippen LogP contribution in [0, 0.1) is 0 Å². The number of nitrogens with zero attached hydrogens (tertiary/aromatic N) is 4. The van der Waals surface area contributed by atoms with Gasteiger partial charge in [0.2, 0.25) is 0 Å². The summed E-state index contributed by atoms with van der Waals surface area (Å²) in [6.45, 7) is 1.23. The van der Waals surface area contributed by atoms with Gasteiger partial charge >= 0.3 is 6.09 Å². The number of hydrogen-bond donors (Lipinski definition) is 3. The maximum absolute atomic E-state index is 12.3. The maximum Gasteiger partial charge on any atom is 0.413 e. The van der Waals surface area contributed by atoms with E-state index >= 15 is 0 Å². The third-order valence-electron chi connectivity index (χ3n) is 5.58. The van der Waals surface area contributed by atoms with Crippen LogP contribution in [0.4, 0.5) is 10.6 Å². The summed E-state index contributed by atoms with van der Waals surface area (Å²) in [4.78, 5) is 24.2. The number of amides is 1. The summed E-state index contributed by atoms with van der Waals surface area (Å²) in [6.07, 6.45) is 4.44. The molecule has 4 N–H and O–H groups in total. The Morgan fingerprint density at radius 2 is 1.83 bits per heavy atom. The predicted octanol–water partition coefficient (Wildman–Crippen LogP) is 2.89. The Morgan fingerprint density at radius 3 is 2.63 bits per heavy atom. The minimum Gasteiger partial charge on any atom is -0.405 e. The molecule has 2 aromatic carbocycles. The lowest BCUT2D eigenvalue weighted by Crippen LogP contribution is -2.26. The van der Waals surface area contributed by atoms with E-state index in [1.807, 2.05) is 48.5 Å². The lowest BCUT2D eigenvalue weighted by atomic mass is 10.1. The number of carbonyl (C=O) groups is 1. The van der Waals surface area contributed by atoms with Crippen molar-refractivity contribution in [1.29, 1.82) is 0 Å². The summed E-state index contributed by atoms with van der Waals surface area (Å²) in [7, 11) is 0. The first-order valence-electron chi connectivity index (χ1n) is 11.0. The van der Waals surface area contributed by atoms with Gasteiger partial charge in [0.05, 0.1) is 31.0 Å². The van der Waals surface area contributed by atoms with Crippen molar-refractivity contribution in [2.75, 3.05) is 5.73 Å². The molecule has 0 radical (unpaired) electrons. The summed E-state index contributed by atoms with van der Waals surface area (Å²) < 4.78 is 8.62. The van der Waals surface area contributed by atoms with Crippen molar-refractivity contribution in [3.05, 3.63) is 106 Å². The highest BCUT2D eigenvalue weighted by atomic mass is 16.6. The Labute approximate surface area is 200 Å². The summed E-state index contributed by atoms with van der Waals surface area (Å²) in [5.41, 5.74) is 9.71. The van der Waals surface area contributed by atoms with Crippen molar-refractivity contribution in [3.63, 3.8) is 0 Å². The standard InChI is InChI=1S/C25H23N7O3/c26-24-22(35-25(34)27-12-19-4-3-5-21-20(19)13-28-29-21)16-32(30-24)15-18-9-7-17(8-10-18)14-31-11-2-1-6-23(31)33/h1-11,13,16H,12,14-15H2,(H2,26,30)(H,27,34)(H,28,29). The van der Waals surface area contributed by atoms with E-state index < -0.39 is 6.09 Å². The molecule has 0 fully saturated rings. The minimum absolute atomic E-state index is 0.0429. The number of nitrogen functional groups attached to an aromatic ring is 1. The van der Waals surface area contributed by atoms with Gasteiger partial charge < -0.3 is 20.4 Å². The van der Waals surface area contributed by atoms with Crippen LogP contribution < -0.4 is 21.3 Å². The van der Waals surface area contributed by atoms with Gasteiger partial charge in [-0.15, -0.1) is 0 Å². The minimum atomic E-state index is -0.628. The van der Waals surface area contributed by atoms with Gasteiger partial charge in [-0.1, -0.05) is 42.5 Å². The van der Waals surface area contributed by atoms with Crippen molar-refractivity contribution >= 4 is 22.8 Å². The second kappa shape index (κ2) is 9.56. The number of H-pyrrole nitrogens is 1. The zero-order chi connectivity index (χ0) is 24.2. The Morgan fingerprint density at radius 1 is 1.03 bits per heavy atom. The maximum atomic E-state index is 12.3. The van der Waals surface area contributed by atoms with Crippen molar-refractivity contribution in [2.24, 2.45) is 0 Å². The van der Waals surface area contributed by atoms with Gasteiger partial charge in [0.1, 0.15) is 0 Å². The Bertz CT molecular complexity index is 1530. The fourth-order valence-electron chi connectivity index (χ4n) is 3.79. The van der Waals surface area contributed by atoms with Gasteiger partial charge in [-0.2, -0.15) is 10.2 Å². The van der Waals surface area contributed by atoms with Crippen LogP contribution in [0.15, 0.2) is 84.0 Å². The molecule has 0 atom stereocenters. The van der Waals surface area contributed by atoms with Crippen LogP contribution in [-0.2, 0) is 19.6 Å². The highest BCUT2D eigenvalue weighted by Crippen LogP contribution is 2.21. The van der Waals surface area contributed by atoms with Crippen molar-refractivity contribution in [1.82, 2.24) is 29.9 Å². The zero-order valence-corrected chi connectivity index (χ0v) is 18.7. The molecule has 0 unspecified atom stereocenters. The van der Waals surface area contributed by atoms with E-state index in [9.17, 15) is 9.59 Å². The molecule has 35 heavy (non-hydrogen) atoms. The van der Waals surface area contributed by atoms with Crippen LogP contribution in [0.25, 0.3) is 10.9 Å². The molecule has 1 amide bonds. The molecule has 10 nitrogen and oxygen atoms in total. The third-order valence-corrected chi connectivity index (χ3v) is 5.58. The van der Waals surface area contributed by atoms with Crippen molar-refractivity contribution in [3.8, 4) is 5.75 Å². The average Bonchev–Trinajstić information content (AvgIpc) is 3.47. The Hall–Kier alpha value is -4.86. The first-order chi connectivity index (χ1) is 17.0. The molecular weight excluding hydrogens is 446 g/mol. The number of anilines is 1. The number of aromatic amines is 1. The molecule has 0 bridgehead atoms.